The topological polar surface area (TPSA) is 35.8 Å². The van der Waals surface area contributed by atoms with Gasteiger partial charge in [0.1, 0.15) is 16.2 Å². The van der Waals surface area contributed by atoms with E-state index in [0.717, 1.165) is 9.35 Å². The van der Waals surface area contributed by atoms with Crippen LogP contribution in [0, 0.1) is 17.1 Å². The van der Waals surface area contributed by atoms with Crippen molar-refractivity contribution < 1.29 is 4.39 Å². The molecular weight excluding hydrogens is 339 g/mol. The fraction of sp³-hybridized carbons (Fsp3) is 0.0833. The van der Waals surface area contributed by atoms with Crippen molar-refractivity contribution in [2.45, 2.75) is 6.04 Å². The third-order valence-corrected chi connectivity index (χ3v) is 4.75. The monoisotopic (exact) mass is 344 g/mol. The smallest absolute Gasteiger partial charge is 0.149 e. The Hall–Kier alpha value is -1.09. The summed E-state index contributed by atoms with van der Waals surface area (Å²) in [6.45, 7) is 0. The van der Waals surface area contributed by atoms with E-state index in [-0.39, 0.29) is 5.82 Å². The maximum absolute atomic E-state index is 13.0. The Bertz CT molecular complexity index is 589. The Balaban J connectivity index is 2.23. The maximum atomic E-state index is 13.0. The predicted octanol–water partition coefficient (Wildman–Crippen LogP) is 4.98. The van der Waals surface area contributed by atoms with Gasteiger partial charge in [-0.15, -0.1) is 11.3 Å². The van der Waals surface area contributed by atoms with Crippen molar-refractivity contribution >= 4 is 44.6 Å². The van der Waals surface area contributed by atoms with Crippen LogP contribution in [0.15, 0.2) is 34.8 Å². The van der Waals surface area contributed by atoms with Crippen molar-refractivity contribution in [2.75, 3.05) is 5.32 Å². The van der Waals surface area contributed by atoms with E-state index in [9.17, 15) is 4.39 Å². The van der Waals surface area contributed by atoms with Crippen LogP contribution in [0.25, 0.3) is 0 Å². The molecule has 2 rings (SSSR count). The van der Waals surface area contributed by atoms with Crippen molar-refractivity contribution in [3.8, 4) is 6.07 Å². The molecule has 0 fully saturated rings. The number of benzene rings is 1. The second-order valence-electron chi connectivity index (χ2n) is 3.49. The summed E-state index contributed by atoms with van der Waals surface area (Å²) >= 11 is 10.5. The molecule has 92 valence electrons. The van der Waals surface area contributed by atoms with Gasteiger partial charge in [0.25, 0.3) is 0 Å². The van der Waals surface area contributed by atoms with E-state index in [4.69, 9.17) is 16.9 Å². The van der Waals surface area contributed by atoms with Crippen LogP contribution in [0.2, 0.25) is 4.34 Å². The molecule has 0 amide bonds. The van der Waals surface area contributed by atoms with Gasteiger partial charge in [-0.25, -0.2) is 4.39 Å². The molecule has 0 aliphatic rings. The Morgan fingerprint density at radius 2 is 2.22 bits per heavy atom. The first kappa shape index (κ1) is 13.3. The molecule has 0 saturated carbocycles. The fourth-order valence-corrected chi connectivity index (χ4v) is 3.15. The maximum Gasteiger partial charge on any atom is 0.149 e. The normalized spacial score (nSPS) is 11.9. The molecule has 1 unspecified atom stereocenters. The molecule has 1 heterocycles. The van der Waals surface area contributed by atoms with Crippen molar-refractivity contribution in [1.29, 1.82) is 5.26 Å². The second-order valence-corrected chi connectivity index (χ2v) is 6.03. The van der Waals surface area contributed by atoms with Crippen molar-refractivity contribution in [3.63, 3.8) is 0 Å². The van der Waals surface area contributed by atoms with Gasteiger partial charge in [-0.3, -0.25) is 0 Å². The summed E-state index contributed by atoms with van der Waals surface area (Å²) in [4.78, 5) is 0.777. The highest BCUT2D eigenvalue weighted by Crippen LogP contribution is 2.36. The molecule has 0 bridgehead atoms. The Morgan fingerprint density at radius 3 is 2.78 bits per heavy atom. The summed E-state index contributed by atoms with van der Waals surface area (Å²) in [5.41, 5.74) is 0.558. The summed E-state index contributed by atoms with van der Waals surface area (Å²) in [5, 5.41) is 12.1. The average molecular weight is 346 g/mol. The average Bonchev–Trinajstić information content (AvgIpc) is 2.66. The molecule has 0 spiro atoms. The van der Waals surface area contributed by atoms with E-state index in [0.29, 0.717) is 10.0 Å². The lowest BCUT2D eigenvalue weighted by Gasteiger charge is -2.10. The molecule has 0 aliphatic carbocycles. The van der Waals surface area contributed by atoms with Crippen LogP contribution in [0.4, 0.5) is 10.1 Å². The largest absolute Gasteiger partial charge is 0.365 e. The van der Waals surface area contributed by atoms with Gasteiger partial charge >= 0.3 is 0 Å². The van der Waals surface area contributed by atoms with Gasteiger partial charge in [0, 0.05) is 15.0 Å². The predicted molar refractivity (Wildman–Crippen MR) is 75.4 cm³/mol. The molecular formula is C12H7BrClFN2S. The number of thiophene rings is 1. The van der Waals surface area contributed by atoms with Crippen molar-refractivity contribution in [1.82, 2.24) is 0 Å². The number of halogens is 3. The zero-order valence-electron chi connectivity index (χ0n) is 8.95. The molecule has 18 heavy (non-hydrogen) atoms. The number of nitrogens with one attached hydrogen (secondary N) is 1. The number of anilines is 1. The third kappa shape index (κ3) is 3.02. The number of rotatable bonds is 3. The van der Waals surface area contributed by atoms with Crippen LogP contribution in [-0.4, -0.2) is 0 Å². The van der Waals surface area contributed by atoms with Crippen LogP contribution in [-0.2, 0) is 0 Å². The number of nitrogens with zero attached hydrogens (tertiary/aromatic N) is 1. The van der Waals surface area contributed by atoms with E-state index >= 15 is 0 Å². The minimum absolute atomic E-state index is 0.345. The van der Waals surface area contributed by atoms with Crippen LogP contribution < -0.4 is 5.32 Å². The molecule has 0 radical (unpaired) electrons. The van der Waals surface area contributed by atoms with E-state index in [1.165, 1.54) is 23.5 Å². The van der Waals surface area contributed by atoms with Gasteiger partial charge < -0.3 is 5.32 Å². The first-order valence-corrected chi connectivity index (χ1v) is 6.95. The van der Waals surface area contributed by atoms with Crippen LogP contribution in [0.5, 0.6) is 0 Å². The minimum Gasteiger partial charge on any atom is -0.365 e. The van der Waals surface area contributed by atoms with Crippen LogP contribution >= 0.6 is 38.9 Å². The molecule has 0 saturated heterocycles. The molecule has 1 aromatic carbocycles. The van der Waals surface area contributed by atoms with Crippen LogP contribution in [0.3, 0.4) is 0 Å². The fourth-order valence-electron chi connectivity index (χ4n) is 1.42. The van der Waals surface area contributed by atoms with Crippen molar-refractivity contribution in [3.05, 3.63) is 49.8 Å². The zero-order valence-corrected chi connectivity index (χ0v) is 12.1. The Morgan fingerprint density at radius 1 is 1.44 bits per heavy atom. The summed E-state index contributed by atoms with van der Waals surface area (Å²) in [6, 6.07) is 9.34. The van der Waals surface area contributed by atoms with Gasteiger partial charge in [0.15, 0.2) is 0 Å². The molecule has 6 heteroatoms. The Labute approximate surface area is 121 Å². The summed E-state index contributed by atoms with van der Waals surface area (Å²) in [6.07, 6.45) is 0. The standard InChI is InChI=1S/C12H7BrClFN2S/c13-9-5-11(18-12(9)14)10(6-16)17-8-3-1-2-7(15)4-8/h1-5,10,17H. The molecule has 0 aliphatic heterocycles. The highest BCUT2D eigenvalue weighted by Gasteiger charge is 2.15. The molecule has 2 aromatic rings. The van der Waals surface area contributed by atoms with Gasteiger partial charge in [-0.05, 0) is 40.2 Å². The number of hydrogen-bond donors (Lipinski definition) is 1. The summed E-state index contributed by atoms with van der Waals surface area (Å²) < 4.78 is 14.4. The Kier molecular flexibility index (Phi) is 4.23. The summed E-state index contributed by atoms with van der Waals surface area (Å²) in [7, 11) is 0. The van der Waals surface area contributed by atoms with Gasteiger partial charge in [0.2, 0.25) is 0 Å². The van der Waals surface area contributed by atoms with E-state index < -0.39 is 6.04 Å². The molecule has 2 nitrogen and oxygen atoms in total. The van der Waals surface area contributed by atoms with Gasteiger partial charge in [-0.1, -0.05) is 17.7 Å². The highest BCUT2D eigenvalue weighted by molar-refractivity contribution is 9.10. The molecule has 1 N–H and O–H groups in total. The quantitative estimate of drug-likeness (QED) is 0.851. The lowest BCUT2D eigenvalue weighted by atomic mass is 10.2. The molecule has 1 atom stereocenters. The van der Waals surface area contributed by atoms with E-state index in [2.05, 4.69) is 27.3 Å². The zero-order chi connectivity index (χ0) is 13.1. The minimum atomic E-state index is -0.555. The number of nitriles is 1. The van der Waals surface area contributed by atoms with E-state index in [1.54, 1.807) is 18.2 Å². The third-order valence-electron chi connectivity index (χ3n) is 2.21. The van der Waals surface area contributed by atoms with Crippen LogP contribution in [0.1, 0.15) is 10.9 Å². The first-order chi connectivity index (χ1) is 8.60. The lowest BCUT2D eigenvalue weighted by molar-refractivity contribution is 0.628. The first-order valence-electron chi connectivity index (χ1n) is 4.96. The van der Waals surface area contributed by atoms with Crippen molar-refractivity contribution in [2.24, 2.45) is 0 Å². The number of hydrogen-bond acceptors (Lipinski definition) is 3. The van der Waals surface area contributed by atoms with Gasteiger partial charge in [-0.2, -0.15) is 5.26 Å². The van der Waals surface area contributed by atoms with Gasteiger partial charge in [0.05, 0.1) is 6.07 Å². The highest BCUT2D eigenvalue weighted by atomic mass is 79.9. The summed E-state index contributed by atoms with van der Waals surface area (Å²) in [5.74, 6) is -0.345. The SMILES string of the molecule is N#CC(Nc1cccc(F)c1)c1cc(Br)c(Cl)s1. The lowest BCUT2D eigenvalue weighted by Crippen LogP contribution is -2.06. The van der Waals surface area contributed by atoms with E-state index in [1.807, 2.05) is 0 Å². The second kappa shape index (κ2) is 5.70. The molecule has 1 aromatic heterocycles.